The van der Waals surface area contributed by atoms with Crippen molar-refractivity contribution < 1.29 is 27.0 Å². The molecule has 0 N–H and O–H groups in total. The summed E-state index contributed by atoms with van der Waals surface area (Å²) in [5.74, 6) is -0.0717. The van der Waals surface area contributed by atoms with Crippen molar-refractivity contribution in [1.29, 1.82) is 0 Å². The van der Waals surface area contributed by atoms with Gasteiger partial charge in [-0.25, -0.2) is 17.6 Å². The lowest BCUT2D eigenvalue weighted by atomic mass is 9.67. The molecule has 2 atom stereocenters. The number of halogens is 4. The van der Waals surface area contributed by atoms with Crippen molar-refractivity contribution in [3.8, 4) is 44.9 Å². The summed E-state index contributed by atoms with van der Waals surface area (Å²) in [5, 5.41) is 0. The predicted molar refractivity (Wildman–Crippen MR) is 407 cm³/mol. The van der Waals surface area contributed by atoms with Gasteiger partial charge in [0.05, 0.1) is 22.2 Å². The molecule has 4 nitrogen and oxygen atoms in total. The van der Waals surface area contributed by atoms with Gasteiger partial charge in [-0.1, -0.05) is 219 Å². The van der Waals surface area contributed by atoms with E-state index in [0.29, 0.717) is 58.8 Å². The Labute approximate surface area is 592 Å². The Morgan fingerprint density at radius 2 is 0.657 bits per heavy atom. The van der Waals surface area contributed by atoms with Gasteiger partial charge in [-0.2, -0.15) is 0 Å². The van der Waals surface area contributed by atoms with Crippen LogP contribution in [0.4, 0.5) is 51.7 Å². The van der Waals surface area contributed by atoms with Crippen LogP contribution >= 0.6 is 0 Å². The lowest BCUT2D eigenvalue weighted by molar-refractivity contribution is 0.306. The summed E-state index contributed by atoms with van der Waals surface area (Å²) in [4.78, 5) is 3.92. The first kappa shape index (κ1) is 64.2. The number of fused-ring (bicyclic) bond motifs is 6. The van der Waals surface area contributed by atoms with Crippen LogP contribution < -0.4 is 19.3 Å². The highest BCUT2D eigenvalue weighted by molar-refractivity contribution is 5.92. The molecule has 0 aromatic heterocycles. The molecule has 0 aliphatic heterocycles. The number of rotatable bonds is 19. The number of hydrogen-bond donors (Lipinski definition) is 0. The van der Waals surface area contributed by atoms with Gasteiger partial charge in [0.1, 0.15) is 48.0 Å². The molecule has 14 aromatic rings. The summed E-state index contributed by atoms with van der Waals surface area (Å²) in [7, 11) is 0. The van der Waals surface area contributed by atoms with Crippen molar-refractivity contribution >= 4 is 46.3 Å². The highest BCUT2D eigenvalue weighted by Crippen LogP contribution is 2.60. The average Bonchev–Trinajstić information content (AvgIpc) is 1.54. The fraction of sp³-hybridized carbons (Fsp3) is 0.0638. The Bertz CT molecular complexity index is 5140. The number of hydrogen-bond acceptors (Lipinski definition) is 4. The molecule has 494 valence electrons. The molecule has 0 radical (unpaired) electrons. The number of aryl methyl sites for hydroxylation is 2. The highest BCUT2D eigenvalue weighted by Gasteiger charge is 2.48. The SMILES string of the molecule is C=Cc1ccc(COc2ccc(C3(c4ccc(F)cc4)c4ccccc4-c4ccc(N(c5ccc(-c6ccc(N(c7ccc8c(c7)C(c7ccc(F)cc7)(c7ccc(OCc9ccc(C=C)cc9)cc7)c7ccccc7-8)c7ccc(C)cc7F)cc6)cc5)c5ccc(C)cc5F)cc43)cc2)cc1. The van der Waals surface area contributed by atoms with Crippen molar-refractivity contribution in [2.45, 2.75) is 37.9 Å². The first-order valence-corrected chi connectivity index (χ1v) is 34.1. The van der Waals surface area contributed by atoms with Gasteiger partial charge in [0.2, 0.25) is 0 Å². The van der Waals surface area contributed by atoms with Gasteiger partial charge in [0, 0.05) is 22.7 Å². The summed E-state index contributed by atoms with van der Waals surface area (Å²) in [6.07, 6.45) is 3.63. The number of ether oxygens (including phenoxy) is 2. The van der Waals surface area contributed by atoms with Crippen molar-refractivity contribution in [3.05, 3.63) is 430 Å². The maximum Gasteiger partial charge on any atom is 0.147 e. The molecular formula is C94H68F4N2O2. The summed E-state index contributed by atoms with van der Waals surface area (Å²) in [5.41, 5.74) is 20.9. The lowest BCUT2D eigenvalue weighted by Crippen LogP contribution is -2.29. The first-order valence-electron chi connectivity index (χ1n) is 34.1. The molecule has 2 aliphatic carbocycles. The molecule has 0 heterocycles. The average molecular weight is 1330 g/mol. The minimum absolute atomic E-state index is 0.346. The second kappa shape index (κ2) is 26.6. The zero-order valence-corrected chi connectivity index (χ0v) is 56.2. The third-order valence-corrected chi connectivity index (χ3v) is 20.2. The normalized spacial score (nSPS) is 14.6. The minimum Gasteiger partial charge on any atom is -0.489 e. The highest BCUT2D eigenvalue weighted by atomic mass is 19.1. The largest absolute Gasteiger partial charge is 0.489 e. The molecule has 0 saturated carbocycles. The van der Waals surface area contributed by atoms with Gasteiger partial charge in [0.15, 0.2) is 0 Å². The van der Waals surface area contributed by atoms with E-state index in [0.717, 1.165) is 111 Å². The van der Waals surface area contributed by atoms with E-state index in [4.69, 9.17) is 9.47 Å². The van der Waals surface area contributed by atoms with Crippen molar-refractivity contribution in [2.24, 2.45) is 0 Å². The van der Waals surface area contributed by atoms with Crippen molar-refractivity contribution in [2.75, 3.05) is 9.80 Å². The van der Waals surface area contributed by atoms with Crippen LogP contribution in [0.15, 0.2) is 329 Å². The Morgan fingerprint density at radius 3 is 1.01 bits per heavy atom. The molecule has 0 saturated heterocycles. The zero-order valence-electron chi connectivity index (χ0n) is 56.2. The predicted octanol–water partition coefficient (Wildman–Crippen LogP) is 24.6. The van der Waals surface area contributed by atoms with E-state index in [1.54, 1.807) is 12.1 Å². The molecule has 0 amide bonds. The van der Waals surface area contributed by atoms with Crippen molar-refractivity contribution in [1.82, 2.24) is 0 Å². The summed E-state index contributed by atoms with van der Waals surface area (Å²) >= 11 is 0. The third-order valence-electron chi connectivity index (χ3n) is 20.2. The molecule has 14 aromatic carbocycles. The Balaban J connectivity index is 0.763. The summed E-state index contributed by atoms with van der Waals surface area (Å²) < 4.78 is 76.9. The molecule has 16 rings (SSSR count). The maximum atomic E-state index is 17.0. The standard InChI is InChI=1S/C94H68F4N2O2/c1-5-63-17-21-65(22-18-63)59-101-79-47-33-71(34-48-79)93(69-29-37-73(95)38-30-69)85-13-9-7-11-81(85)83-51-45-77(57-87(83)93)99(91-53-15-61(3)55-89(91)97)75-41-25-67(26-42-75)68-27-43-76(44-28-68)100(92-54-16-62(4)56-90(92)98)78-46-52-84-82-12-8-10-14-86(82)94(88(84)58-78,70-31-39-74(96)40-32-70)72-35-49-80(50-36-72)102-60-66-23-19-64(6-2)20-24-66/h5-58H,1-2,59-60H2,3-4H3. The van der Waals surface area contributed by atoms with Crippen LogP contribution in [0.1, 0.15) is 77.9 Å². The molecule has 0 bridgehead atoms. The molecular weight excluding hydrogens is 1270 g/mol. The Hall–Kier alpha value is -12.5. The van der Waals surface area contributed by atoms with Gasteiger partial charge in [0.25, 0.3) is 0 Å². The zero-order chi connectivity index (χ0) is 69.6. The molecule has 102 heavy (non-hydrogen) atoms. The summed E-state index contributed by atoms with van der Waals surface area (Å²) in [6, 6.07) is 102. The van der Waals surface area contributed by atoms with E-state index in [2.05, 4.69) is 86.0 Å². The van der Waals surface area contributed by atoms with Crippen LogP contribution in [-0.2, 0) is 24.0 Å². The summed E-state index contributed by atoms with van der Waals surface area (Å²) in [6.45, 7) is 12.3. The van der Waals surface area contributed by atoms with E-state index < -0.39 is 10.8 Å². The van der Waals surface area contributed by atoms with Crippen LogP contribution in [0.5, 0.6) is 11.5 Å². The number of anilines is 6. The van der Waals surface area contributed by atoms with E-state index in [9.17, 15) is 0 Å². The second-order valence-corrected chi connectivity index (χ2v) is 26.3. The van der Waals surface area contributed by atoms with Crippen LogP contribution in [-0.4, -0.2) is 0 Å². The van der Waals surface area contributed by atoms with E-state index in [1.165, 1.54) is 24.3 Å². The maximum absolute atomic E-state index is 17.0. The van der Waals surface area contributed by atoms with E-state index in [-0.39, 0.29) is 23.3 Å². The van der Waals surface area contributed by atoms with Gasteiger partial charge in [-0.15, -0.1) is 0 Å². The molecule has 2 aliphatic rings. The fourth-order valence-corrected chi connectivity index (χ4v) is 15.3. The second-order valence-electron chi connectivity index (χ2n) is 26.3. The first-order chi connectivity index (χ1) is 49.9. The quantitative estimate of drug-likeness (QED) is 0.0754. The Morgan fingerprint density at radius 1 is 0.324 bits per heavy atom. The van der Waals surface area contributed by atoms with Crippen LogP contribution in [0.25, 0.3) is 45.5 Å². The van der Waals surface area contributed by atoms with E-state index >= 15 is 17.6 Å². The topological polar surface area (TPSA) is 24.9 Å². The smallest absolute Gasteiger partial charge is 0.147 e. The van der Waals surface area contributed by atoms with Gasteiger partial charge >= 0.3 is 0 Å². The number of nitrogens with zero attached hydrogens (tertiary/aromatic N) is 2. The molecule has 8 heteroatoms. The fourth-order valence-electron chi connectivity index (χ4n) is 15.3. The Kier molecular flexibility index (Phi) is 16.7. The monoisotopic (exact) mass is 1330 g/mol. The van der Waals surface area contributed by atoms with Crippen LogP contribution in [0.3, 0.4) is 0 Å². The molecule has 0 fully saturated rings. The molecule has 0 spiro atoms. The van der Waals surface area contributed by atoms with Gasteiger partial charge in [-0.05, 0) is 246 Å². The van der Waals surface area contributed by atoms with Crippen LogP contribution in [0, 0.1) is 37.1 Å². The van der Waals surface area contributed by atoms with E-state index in [1.807, 2.05) is 242 Å². The third kappa shape index (κ3) is 11.4. The number of benzene rings is 14. The van der Waals surface area contributed by atoms with Gasteiger partial charge in [-0.3, -0.25) is 0 Å². The van der Waals surface area contributed by atoms with Crippen molar-refractivity contribution in [3.63, 3.8) is 0 Å². The lowest BCUT2D eigenvalue weighted by Gasteiger charge is -2.35. The van der Waals surface area contributed by atoms with Crippen LogP contribution in [0.2, 0.25) is 0 Å². The molecule has 2 unspecified atom stereocenters. The van der Waals surface area contributed by atoms with Gasteiger partial charge < -0.3 is 19.3 Å². The minimum atomic E-state index is -0.937.